The maximum absolute atomic E-state index is 12.6. The molecular formula is C10H11F3O2. The molecule has 0 unspecified atom stereocenters. The predicted octanol–water partition coefficient (Wildman–Crippen LogP) is 2.77. The van der Waals surface area contributed by atoms with E-state index in [4.69, 9.17) is 4.74 Å². The van der Waals surface area contributed by atoms with Gasteiger partial charge in [-0.05, 0) is 24.6 Å². The monoisotopic (exact) mass is 220 g/mol. The largest absolute Gasteiger partial charge is 0.497 e. The van der Waals surface area contributed by atoms with E-state index in [1.807, 2.05) is 0 Å². The van der Waals surface area contributed by atoms with Gasteiger partial charge in [-0.3, -0.25) is 0 Å². The van der Waals surface area contributed by atoms with E-state index < -0.39 is 17.8 Å². The van der Waals surface area contributed by atoms with Crippen molar-refractivity contribution >= 4 is 0 Å². The van der Waals surface area contributed by atoms with Gasteiger partial charge in [-0.1, -0.05) is 6.07 Å². The summed E-state index contributed by atoms with van der Waals surface area (Å²) < 4.78 is 42.4. The van der Waals surface area contributed by atoms with Gasteiger partial charge in [0.1, 0.15) is 5.75 Å². The van der Waals surface area contributed by atoms with Gasteiger partial charge in [0, 0.05) is 0 Å². The predicted molar refractivity (Wildman–Crippen MR) is 48.6 cm³/mol. The number of alkyl halides is 3. The van der Waals surface area contributed by atoms with Gasteiger partial charge in [-0.25, -0.2) is 0 Å². The van der Waals surface area contributed by atoms with Crippen molar-refractivity contribution in [3.8, 4) is 5.75 Å². The Labute approximate surface area is 85.3 Å². The Morgan fingerprint density at radius 2 is 1.93 bits per heavy atom. The number of ether oxygens (including phenoxy) is 1. The third-order valence-corrected chi connectivity index (χ3v) is 2.02. The molecule has 2 nitrogen and oxygen atoms in total. The normalized spacial score (nSPS) is 13.7. The van der Waals surface area contributed by atoms with Crippen LogP contribution < -0.4 is 4.74 Å². The Balaban J connectivity index is 3.29. The molecule has 1 atom stereocenters. The summed E-state index contributed by atoms with van der Waals surface area (Å²) in [5.41, 5.74) is -1.01. The summed E-state index contributed by atoms with van der Waals surface area (Å²) in [7, 11) is 1.29. The second kappa shape index (κ2) is 4.10. The Morgan fingerprint density at radius 1 is 1.33 bits per heavy atom. The average molecular weight is 220 g/mol. The molecule has 5 heteroatoms. The number of hydrogen-bond donors (Lipinski definition) is 1. The lowest BCUT2D eigenvalue weighted by Gasteiger charge is -2.15. The van der Waals surface area contributed by atoms with Gasteiger partial charge in [-0.15, -0.1) is 0 Å². The molecule has 84 valence electrons. The number of halogens is 3. The van der Waals surface area contributed by atoms with E-state index in [2.05, 4.69) is 0 Å². The van der Waals surface area contributed by atoms with E-state index in [-0.39, 0.29) is 11.3 Å². The highest BCUT2D eigenvalue weighted by atomic mass is 19.4. The molecule has 0 amide bonds. The van der Waals surface area contributed by atoms with Crippen LogP contribution in [0.3, 0.4) is 0 Å². The van der Waals surface area contributed by atoms with E-state index >= 15 is 0 Å². The number of rotatable bonds is 2. The molecular weight excluding hydrogens is 209 g/mol. The molecule has 0 radical (unpaired) electrons. The Bertz CT molecular complexity index is 345. The second-order valence-electron chi connectivity index (χ2n) is 3.13. The van der Waals surface area contributed by atoms with Crippen molar-refractivity contribution < 1.29 is 23.0 Å². The maximum atomic E-state index is 12.6. The summed E-state index contributed by atoms with van der Waals surface area (Å²) in [6.07, 6.45) is -5.64. The summed E-state index contributed by atoms with van der Waals surface area (Å²) in [5.74, 6) is 0.117. The van der Waals surface area contributed by atoms with Crippen LogP contribution in [0, 0.1) is 0 Å². The highest BCUT2D eigenvalue weighted by Gasteiger charge is 2.34. The number of methoxy groups -OCH3 is 1. The van der Waals surface area contributed by atoms with E-state index in [1.165, 1.54) is 26.2 Å². The van der Waals surface area contributed by atoms with Gasteiger partial charge in [0.15, 0.2) is 0 Å². The third-order valence-electron chi connectivity index (χ3n) is 2.02. The first-order valence-corrected chi connectivity index (χ1v) is 4.29. The summed E-state index contributed by atoms with van der Waals surface area (Å²) in [4.78, 5) is 0. The van der Waals surface area contributed by atoms with Crippen molar-refractivity contribution in [3.05, 3.63) is 29.3 Å². The Hall–Kier alpha value is -1.23. The van der Waals surface area contributed by atoms with Crippen LogP contribution in [-0.2, 0) is 6.18 Å². The lowest BCUT2D eigenvalue weighted by Crippen LogP contribution is -2.11. The van der Waals surface area contributed by atoms with Crippen molar-refractivity contribution in [2.75, 3.05) is 7.11 Å². The Morgan fingerprint density at radius 3 is 2.33 bits per heavy atom. The standard InChI is InChI=1S/C10H11F3O2/c1-6(14)8-4-3-7(15-2)5-9(8)10(11,12)13/h3-6,14H,1-2H3/t6-/m1/s1. The quantitative estimate of drug-likeness (QED) is 0.830. The molecule has 0 bridgehead atoms. The topological polar surface area (TPSA) is 29.5 Å². The fourth-order valence-corrected chi connectivity index (χ4v) is 1.27. The maximum Gasteiger partial charge on any atom is 0.416 e. The molecule has 0 aliphatic rings. The van der Waals surface area contributed by atoms with Crippen molar-refractivity contribution in [1.29, 1.82) is 0 Å². The lowest BCUT2D eigenvalue weighted by molar-refractivity contribution is -0.139. The fourth-order valence-electron chi connectivity index (χ4n) is 1.27. The van der Waals surface area contributed by atoms with Crippen molar-refractivity contribution in [2.45, 2.75) is 19.2 Å². The van der Waals surface area contributed by atoms with E-state index in [0.717, 1.165) is 6.07 Å². The van der Waals surface area contributed by atoms with Gasteiger partial charge in [0.2, 0.25) is 0 Å². The zero-order chi connectivity index (χ0) is 11.6. The fraction of sp³-hybridized carbons (Fsp3) is 0.400. The van der Waals surface area contributed by atoms with E-state index in [0.29, 0.717) is 0 Å². The lowest BCUT2D eigenvalue weighted by atomic mass is 10.0. The first-order chi connectivity index (χ1) is 6.86. The SMILES string of the molecule is COc1ccc([C@@H](C)O)c(C(F)(F)F)c1. The van der Waals surface area contributed by atoms with Crippen LogP contribution in [0.1, 0.15) is 24.2 Å². The molecule has 0 fully saturated rings. The smallest absolute Gasteiger partial charge is 0.416 e. The minimum Gasteiger partial charge on any atom is -0.497 e. The van der Waals surface area contributed by atoms with Gasteiger partial charge >= 0.3 is 6.18 Å². The van der Waals surface area contributed by atoms with Crippen LogP contribution in [0.25, 0.3) is 0 Å². The first kappa shape index (κ1) is 11.8. The van der Waals surface area contributed by atoms with Gasteiger partial charge in [0.05, 0.1) is 18.8 Å². The molecule has 0 saturated heterocycles. The molecule has 0 aromatic heterocycles. The van der Waals surface area contributed by atoms with Crippen LogP contribution in [0.4, 0.5) is 13.2 Å². The van der Waals surface area contributed by atoms with Crippen LogP contribution in [0.2, 0.25) is 0 Å². The van der Waals surface area contributed by atoms with E-state index in [9.17, 15) is 18.3 Å². The molecule has 0 saturated carbocycles. The number of hydrogen-bond acceptors (Lipinski definition) is 2. The summed E-state index contributed by atoms with van der Waals surface area (Å²) >= 11 is 0. The van der Waals surface area contributed by atoms with Crippen molar-refractivity contribution in [1.82, 2.24) is 0 Å². The minimum atomic E-state index is -4.49. The van der Waals surface area contributed by atoms with Crippen molar-refractivity contribution in [3.63, 3.8) is 0 Å². The average Bonchev–Trinajstić information content (AvgIpc) is 2.15. The highest BCUT2D eigenvalue weighted by molar-refractivity contribution is 5.38. The molecule has 1 N–H and O–H groups in total. The minimum absolute atomic E-state index is 0.117. The molecule has 0 aliphatic carbocycles. The van der Waals surface area contributed by atoms with Crippen LogP contribution in [-0.4, -0.2) is 12.2 Å². The first-order valence-electron chi connectivity index (χ1n) is 4.29. The number of benzene rings is 1. The van der Waals surface area contributed by atoms with Crippen LogP contribution >= 0.6 is 0 Å². The molecule has 15 heavy (non-hydrogen) atoms. The van der Waals surface area contributed by atoms with Gasteiger partial charge in [0.25, 0.3) is 0 Å². The van der Waals surface area contributed by atoms with Gasteiger partial charge < -0.3 is 9.84 Å². The highest BCUT2D eigenvalue weighted by Crippen LogP contribution is 2.36. The molecule has 1 rings (SSSR count). The zero-order valence-corrected chi connectivity index (χ0v) is 8.30. The Kier molecular flexibility index (Phi) is 3.24. The molecule has 1 aromatic carbocycles. The molecule has 0 spiro atoms. The van der Waals surface area contributed by atoms with Crippen LogP contribution in [0.15, 0.2) is 18.2 Å². The zero-order valence-electron chi connectivity index (χ0n) is 8.30. The number of aliphatic hydroxyl groups is 1. The summed E-state index contributed by atoms with van der Waals surface area (Å²) in [6.45, 7) is 1.29. The van der Waals surface area contributed by atoms with Crippen LogP contribution in [0.5, 0.6) is 5.75 Å². The molecule has 0 aliphatic heterocycles. The molecule has 0 heterocycles. The van der Waals surface area contributed by atoms with Gasteiger partial charge in [-0.2, -0.15) is 13.2 Å². The summed E-state index contributed by atoms with van der Waals surface area (Å²) in [5, 5.41) is 9.19. The number of aliphatic hydroxyl groups excluding tert-OH is 1. The second-order valence-corrected chi connectivity index (χ2v) is 3.13. The van der Waals surface area contributed by atoms with E-state index in [1.54, 1.807) is 0 Å². The van der Waals surface area contributed by atoms with Crippen molar-refractivity contribution in [2.24, 2.45) is 0 Å². The molecule has 1 aromatic rings. The summed E-state index contributed by atoms with van der Waals surface area (Å²) in [6, 6.07) is 3.48. The third kappa shape index (κ3) is 2.62.